The van der Waals surface area contributed by atoms with E-state index in [0.717, 1.165) is 30.1 Å². The van der Waals surface area contributed by atoms with Crippen LogP contribution in [0.5, 0.6) is 5.75 Å². The van der Waals surface area contributed by atoms with Gasteiger partial charge in [-0.15, -0.1) is 0 Å². The molecular formula is C16H24N2O2. The van der Waals surface area contributed by atoms with Gasteiger partial charge in [0.1, 0.15) is 5.75 Å². The highest BCUT2D eigenvalue weighted by atomic mass is 16.5. The lowest BCUT2D eigenvalue weighted by atomic mass is 9.85. The summed E-state index contributed by atoms with van der Waals surface area (Å²) in [5, 5.41) is 12.0. The number of ether oxygens (including phenoxy) is 1. The van der Waals surface area contributed by atoms with Crippen LogP contribution in [-0.2, 0) is 0 Å². The average Bonchev–Trinajstić information content (AvgIpc) is 2.47. The number of rotatable bonds is 4. The number of amidine groups is 1. The van der Waals surface area contributed by atoms with Crippen molar-refractivity contribution in [2.45, 2.75) is 52.1 Å². The maximum Gasteiger partial charge on any atom is 0.173 e. The lowest BCUT2D eigenvalue weighted by Gasteiger charge is -2.29. The van der Waals surface area contributed by atoms with Crippen molar-refractivity contribution in [2.24, 2.45) is 16.8 Å². The van der Waals surface area contributed by atoms with Crippen LogP contribution in [0.4, 0.5) is 0 Å². The van der Waals surface area contributed by atoms with Crippen LogP contribution >= 0.6 is 0 Å². The number of hydrogen-bond donors (Lipinski definition) is 2. The first-order chi connectivity index (χ1) is 9.63. The number of nitrogens with two attached hydrogens (primary N) is 1. The molecule has 1 fully saturated rings. The van der Waals surface area contributed by atoms with Gasteiger partial charge in [0, 0.05) is 0 Å². The molecule has 4 nitrogen and oxygen atoms in total. The zero-order valence-electron chi connectivity index (χ0n) is 12.3. The van der Waals surface area contributed by atoms with E-state index < -0.39 is 0 Å². The third-order valence-electron chi connectivity index (χ3n) is 4.13. The summed E-state index contributed by atoms with van der Waals surface area (Å²) in [6.07, 6.45) is 6.15. The monoisotopic (exact) mass is 276 g/mol. The third kappa shape index (κ3) is 3.44. The molecule has 1 aromatic rings. The van der Waals surface area contributed by atoms with Gasteiger partial charge in [0.2, 0.25) is 0 Å². The quantitative estimate of drug-likeness (QED) is 0.383. The summed E-state index contributed by atoms with van der Waals surface area (Å²) in [7, 11) is 0. The highest BCUT2D eigenvalue weighted by Gasteiger charge is 2.23. The molecule has 1 saturated carbocycles. The number of benzene rings is 1. The fourth-order valence-electron chi connectivity index (χ4n) is 2.89. The van der Waals surface area contributed by atoms with Gasteiger partial charge in [0.25, 0.3) is 0 Å². The van der Waals surface area contributed by atoms with Gasteiger partial charge in [-0.2, -0.15) is 0 Å². The zero-order valence-corrected chi connectivity index (χ0v) is 12.3. The van der Waals surface area contributed by atoms with Gasteiger partial charge in [0.05, 0.1) is 11.7 Å². The van der Waals surface area contributed by atoms with Crippen molar-refractivity contribution in [2.75, 3.05) is 0 Å². The second-order valence-electron chi connectivity index (χ2n) is 5.67. The molecule has 0 aromatic heterocycles. The van der Waals surface area contributed by atoms with Crippen molar-refractivity contribution < 1.29 is 9.94 Å². The first-order valence-electron chi connectivity index (χ1n) is 7.39. The first kappa shape index (κ1) is 14.7. The summed E-state index contributed by atoms with van der Waals surface area (Å²) in [5.74, 6) is 1.58. The number of hydrogen-bond acceptors (Lipinski definition) is 3. The van der Waals surface area contributed by atoms with Crippen LogP contribution in [0.3, 0.4) is 0 Å². The van der Waals surface area contributed by atoms with Crippen LogP contribution in [0.2, 0.25) is 0 Å². The van der Waals surface area contributed by atoms with E-state index in [-0.39, 0.29) is 11.9 Å². The van der Waals surface area contributed by atoms with Crippen LogP contribution in [0.25, 0.3) is 0 Å². The van der Waals surface area contributed by atoms with Gasteiger partial charge in [-0.25, -0.2) is 0 Å². The standard InChI is InChI=1S/C16H24N2O2/c1-3-12-5-4-6-13(10-12)20-15-9-11(2)7-8-14(15)16(17)18-19/h7-9,12-13,19H,3-6,10H2,1-2H3,(H2,17,18). The Labute approximate surface area is 120 Å². The number of oxime groups is 1. The van der Waals surface area contributed by atoms with E-state index in [0.29, 0.717) is 5.56 Å². The van der Waals surface area contributed by atoms with Crippen LogP contribution in [0.15, 0.2) is 23.4 Å². The van der Waals surface area contributed by atoms with Gasteiger partial charge >= 0.3 is 0 Å². The molecule has 0 radical (unpaired) electrons. The Kier molecular flexibility index (Phi) is 4.88. The average molecular weight is 276 g/mol. The zero-order chi connectivity index (χ0) is 14.5. The third-order valence-corrected chi connectivity index (χ3v) is 4.13. The van der Waals surface area contributed by atoms with Crippen molar-refractivity contribution in [1.29, 1.82) is 0 Å². The fourth-order valence-corrected chi connectivity index (χ4v) is 2.89. The summed E-state index contributed by atoms with van der Waals surface area (Å²) in [4.78, 5) is 0. The van der Waals surface area contributed by atoms with Gasteiger partial charge in [-0.1, -0.05) is 31.0 Å². The Bertz CT molecular complexity index is 485. The largest absolute Gasteiger partial charge is 0.490 e. The minimum absolute atomic E-state index is 0.0999. The summed E-state index contributed by atoms with van der Waals surface area (Å²) in [5.41, 5.74) is 7.50. The molecule has 0 spiro atoms. The van der Waals surface area contributed by atoms with E-state index in [9.17, 15) is 0 Å². The number of aryl methyl sites for hydroxylation is 1. The Hall–Kier alpha value is -1.71. The topological polar surface area (TPSA) is 67.8 Å². The Morgan fingerprint density at radius 3 is 2.95 bits per heavy atom. The van der Waals surface area contributed by atoms with Gasteiger partial charge in [0.15, 0.2) is 5.84 Å². The molecular weight excluding hydrogens is 252 g/mol. The minimum Gasteiger partial charge on any atom is -0.490 e. The molecule has 0 bridgehead atoms. The van der Waals surface area contributed by atoms with Gasteiger partial charge in [-0.05, 0) is 49.8 Å². The molecule has 1 aromatic carbocycles. The van der Waals surface area contributed by atoms with E-state index in [1.807, 2.05) is 25.1 Å². The van der Waals surface area contributed by atoms with Crippen molar-refractivity contribution in [1.82, 2.24) is 0 Å². The maximum absolute atomic E-state index is 8.88. The Morgan fingerprint density at radius 2 is 2.25 bits per heavy atom. The number of nitrogens with zero attached hydrogens (tertiary/aromatic N) is 1. The summed E-state index contributed by atoms with van der Waals surface area (Å²) < 4.78 is 6.15. The molecule has 1 aliphatic rings. The molecule has 0 saturated heterocycles. The lowest BCUT2D eigenvalue weighted by molar-refractivity contribution is 0.122. The van der Waals surface area contributed by atoms with Crippen LogP contribution in [-0.4, -0.2) is 17.1 Å². The van der Waals surface area contributed by atoms with E-state index in [1.165, 1.54) is 19.3 Å². The molecule has 2 atom stereocenters. The highest BCUT2D eigenvalue weighted by molar-refractivity contribution is 5.99. The fraction of sp³-hybridized carbons (Fsp3) is 0.562. The molecule has 110 valence electrons. The second-order valence-corrected chi connectivity index (χ2v) is 5.67. The van der Waals surface area contributed by atoms with Crippen LogP contribution in [0, 0.1) is 12.8 Å². The molecule has 0 amide bonds. The van der Waals surface area contributed by atoms with Crippen molar-refractivity contribution in [3.8, 4) is 5.75 Å². The van der Waals surface area contributed by atoms with E-state index in [2.05, 4.69) is 12.1 Å². The predicted molar refractivity (Wildman–Crippen MR) is 80.4 cm³/mol. The SMILES string of the molecule is CCC1CCCC(Oc2cc(C)ccc2C(N)=NO)C1. The van der Waals surface area contributed by atoms with E-state index in [1.54, 1.807) is 0 Å². The molecule has 0 aliphatic heterocycles. The Morgan fingerprint density at radius 1 is 1.45 bits per heavy atom. The minimum atomic E-state index is 0.0999. The van der Waals surface area contributed by atoms with Crippen molar-refractivity contribution in [3.63, 3.8) is 0 Å². The molecule has 2 unspecified atom stereocenters. The van der Waals surface area contributed by atoms with Crippen LogP contribution < -0.4 is 10.5 Å². The van der Waals surface area contributed by atoms with E-state index >= 15 is 0 Å². The summed E-state index contributed by atoms with van der Waals surface area (Å²) >= 11 is 0. The smallest absolute Gasteiger partial charge is 0.173 e. The molecule has 0 heterocycles. The normalized spacial score (nSPS) is 23.6. The summed E-state index contributed by atoms with van der Waals surface area (Å²) in [6, 6.07) is 5.75. The first-order valence-corrected chi connectivity index (χ1v) is 7.39. The second kappa shape index (κ2) is 6.64. The van der Waals surface area contributed by atoms with E-state index in [4.69, 9.17) is 15.7 Å². The highest BCUT2D eigenvalue weighted by Crippen LogP contribution is 2.31. The summed E-state index contributed by atoms with van der Waals surface area (Å²) in [6.45, 7) is 4.25. The predicted octanol–water partition coefficient (Wildman–Crippen LogP) is 3.44. The van der Waals surface area contributed by atoms with Crippen molar-refractivity contribution >= 4 is 5.84 Å². The van der Waals surface area contributed by atoms with Gasteiger partial charge < -0.3 is 15.7 Å². The van der Waals surface area contributed by atoms with Crippen molar-refractivity contribution in [3.05, 3.63) is 29.3 Å². The Balaban J connectivity index is 2.17. The lowest BCUT2D eigenvalue weighted by Crippen LogP contribution is -2.26. The molecule has 1 aliphatic carbocycles. The van der Waals surface area contributed by atoms with Gasteiger partial charge in [-0.3, -0.25) is 0 Å². The molecule has 4 heteroatoms. The molecule has 3 N–H and O–H groups in total. The maximum atomic E-state index is 8.88. The molecule has 20 heavy (non-hydrogen) atoms. The van der Waals surface area contributed by atoms with Crippen LogP contribution in [0.1, 0.15) is 50.2 Å². The molecule has 2 rings (SSSR count).